The van der Waals surface area contributed by atoms with Crippen molar-refractivity contribution in [2.45, 2.75) is 33.6 Å². The Morgan fingerprint density at radius 1 is 1.25 bits per heavy atom. The molecule has 1 heteroatoms. The van der Waals surface area contributed by atoms with Crippen molar-refractivity contribution in [1.29, 1.82) is 0 Å². The number of rotatable bonds is 1. The van der Waals surface area contributed by atoms with Gasteiger partial charge in [0.15, 0.2) is 0 Å². The van der Waals surface area contributed by atoms with Gasteiger partial charge in [-0.3, -0.25) is 4.98 Å². The summed E-state index contributed by atoms with van der Waals surface area (Å²) in [5, 5.41) is 0. The molecule has 1 aromatic heterocycles. The standard InChI is InChI=1S/C15H19N/c1-14(2)11-7-8-15(14,3)12(10-11)13-6-4-5-9-16-13/h4-6,9-11H,7-8H2,1-3H3. The maximum atomic E-state index is 4.52. The van der Waals surface area contributed by atoms with Crippen LogP contribution in [0.4, 0.5) is 0 Å². The minimum absolute atomic E-state index is 0.325. The highest BCUT2D eigenvalue weighted by Gasteiger charge is 2.57. The van der Waals surface area contributed by atoms with E-state index in [1.54, 1.807) is 0 Å². The molecule has 84 valence electrons. The molecule has 2 aliphatic carbocycles. The van der Waals surface area contributed by atoms with Gasteiger partial charge >= 0.3 is 0 Å². The number of fused-ring (bicyclic) bond motifs is 2. The van der Waals surface area contributed by atoms with Crippen molar-refractivity contribution >= 4 is 5.57 Å². The van der Waals surface area contributed by atoms with Gasteiger partial charge in [-0.2, -0.15) is 0 Å². The lowest BCUT2D eigenvalue weighted by Crippen LogP contribution is -2.29. The molecule has 3 rings (SSSR count). The molecule has 16 heavy (non-hydrogen) atoms. The molecule has 1 aromatic rings. The molecule has 2 unspecified atom stereocenters. The first kappa shape index (κ1) is 10.1. The predicted molar refractivity (Wildman–Crippen MR) is 66.8 cm³/mol. The number of nitrogens with zero attached hydrogens (tertiary/aromatic N) is 1. The van der Waals surface area contributed by atoms with Crippen LogP contribution >= 0.6 is 0 Å². The van der Waals surface area contributed by atoms with Gasteiger partial charge < -0.3 is 0 Å². The Balaban J connectivity index is 2.10. The van der Waals surface area contributed by atoms with Crippen molar-refractivity contribution in [3.8, 4) is 0 Å². The molecule has 0 saturated heterocycles. The molecule has 1 fully saturated rings. The van der Waals surface area contributed by atoms with Crippen LogP contribution in [0.15, 0.2) is 30.5 Å². The van der Waals surface area contributed by atoms with Crippen LogP contribution < -0.4 is 0 Å². The number of allylic oxidation sites excluding steroid dienone is 2. The number of hydrogen-bond donors (Lipinski definition) is 0. The average molecular weight is 213 g/mol. The summed E-state index contributed by atoms with van der Waals surface area (Å²) in [6, 6.07) is 6.23. The van der Waals surface area contributed by atoms with Gasteiger partial charge in [-0.05, 0) is 47.3 Å². The summed E-state index contributed by atoms with van der Waals surface area (Å²) >= 11 is 0. The molecular weight excluding hydrogens is 194 g/mol. The molecule has 0 N–H and O–H groups in total. The van der Waals surface area contributed by atoms with E-state index in [-0.39, 0.29) is 0 Å². The summed E-state index contributed by atoms with van der Waals surface area (Å²) in [4.78, 5) is 4.52. The zero-order chi connectivity index (χ0) is 11.4. The third-order valence-corrected chi connectivity index (χ3v) is 5.21. The minimum atomic E-state index is 0.325. The summed E-state index contributed by atoms with van der Waals surface area (Å²) in [6.07, 6.45) is 7.04. The summed E-state index contributed by atoms with van der Waals surface area (Å²) in [6.45, 7) is 7.24. The van der Waals surface area contributed by atoms with Crippen LogP contribution in [0.1, 0.15) is 39.3 Å². The van der Waals surface area contributed by atoms with Gasteiger partial charge in [-0.25, -0.2) is 0 Å². The topological polar surface area (TPSA) is 12.9 Å². The lowest BCUT2D eigenvalue weighted by molar-refractivity contribution is 0.189. The Hall–Kier alpha value is -1.11. The molecule has 2 aliphatic rings. The first-order chi connectivity index (χ1) is 7.56. The highest BCUT2D eigenvalue weighted by atomic mass is 14.7. The maximum Gasteiger partial charge on any atom is 0.0664 e. The number of hydrogen-bond acceptors (Lipinski definition) is 1. The highest BCUT2D eigenvalue weighted by molar-refractivity contribution is 5.72. The zero-order valence-electron chi connectivity index (χ0n) is 10.3. The summed E-state index contributed by atoms with van der Waals surface area (Å²) in [7, 11) is 0. The Kier molecular flexibility index (Phi) is 1.87. The number of pyridine rings is 1. The fourth-order valence-corrected chi connectivity index (χ4v) is 3.59. The molecule has 2 bridgehead atoms. The third-order valence-electron chi connectivity index (χ3n) is 5.21. The Morgan fingerprint density at radius 3 is 2.56 bits per heavy atom. The van der Waals surface area contributed by atoms with Crippen LogP contribution in [-0.4, -0.2) is 4.98 Å². The Bertz CT molecular complexity index is 444. The van der Waals surface area contributed by atoms with Crippen molar-refractivity contribution in [2.24, 2.45) is 16.7 Å². The highest BCUT2D eigenvalue weighted by Crippen LogP contribution is 2.67. The molecule has 0 aliphatic heterocycles. The van der Waals surface area contributed by atoms with E-state index in [9.17, 15) is 0 Å². The normalized spacial score (nSPS) is 35.2. The van der Waals surface area contributed by atoms with Crippen LogP contribution in [0.5, 0.6) is 0 Å². The van der Waals surface area contributed by atoms with E-state index in [1.807, 2.05) is 12.3 Å². The second-order valence-corrected chi connectivity index (χ2v) is 5.99. The van der Waals surface area contributed by atoms with E-state index in [0.717, 1.165) is 5.92 Å². The van der Waals surface area contributed by atoms with E-state index in [4.69, 9.17) is 0 Å². The molecule has 0 spiro atoms. The van der Waals surface area contributed by atoms with Crippen molar-refractivity contribution in [3.05, 3.63) is 36.2 Å². The second-order valence-electron chi connectivity index (χ2n) is 5.99. The van der Waals surface area contributed by atoms with Crippen molar-refractivity contribution in [3.63, 3.8) is 0 Å². The average Bonchev–Trinajstić information content (AvgIpc) is 2.62. The molecule has 1 heterocycles. The molecule has 1 saturated carbocycles. The van der Waals surface area contributed by atoms with E-state index >= 15 is 0 Å². The zero-order valence-corrected chi connectivity index (χ0v) is 10.3. The van der Waals surface area contributed by atoms with E-state index < -0.39 is 0 Å². The van der Waals surface area contributed by atoms with Crippen molar-refractivity contribution in [1.82, 2.24) is 4.98 Å². The SMILES string of the molecule is CC12CCC(C=C1c1ccccn1)C2(C)C. The molecular formula is C15H19N. The maximum absolute atomic E-state index is 4.52. The smallest absolute Gasteiger partial charge is 0.0664 e. The first-order valence-corrected chi connectivity index (χ1v) is 6.19. The van der Waals surface area contributed by atoms with Crippen LogP contribution in [-0.2, 0) is 0 Å². The van der Waals surface area contributed by atoms with Crippen molar-refractivity contribution in [2.75, 3.05) is 0 Å². The van der Waals surface area contributed by atoms with Gasteiger partial charge in [-0.1, -0.05) is 32.9 Å². The van der Waals surface area contributed by atoms with E-state index in [1.165, 1.54) is 24.1 Å². The van der Waals surface area contributed by atoms with Gasteiger partial charge in [0.25, 0.3) is 0 Å². The molecule has 0 amide bonds. The summed E-state index contributed by atoms with van der Waals surface area (Å²) < 4.78 is 0. The molecule has 1 nitrogen and oxygen atoms in total. The fraction of sp³-hybridized carbons (Fsp3) is 0.533. The summed E-state index contributed by atoms with van der Waals surface area (Å²) in [5.74, 6) is 0.745. The predicted octanol–water partition coefficient (Wildman–Crippen LogP) is 3.92. The Morgan fingerprint density at radius 2 is 2.06 bits per heavy atom. The van der Waals surface area contributed by atoms with Crippen LogP contribution in [0.25, 0.3) is 5.57 Å². The summed E-state index contributed by atoms with van der Waals surface area (Å²) in [5.41, 5.74) is 3.39. The minimum Gasteiger partial charge on any atom is -0.257 e. The quantitative estimate of drug-likeness (QED) is 0.689. The Labute approximate surface area is 97.6 Å². The molecule has 0 radical (unpaired) electrons. The largest absolute Gasteiger partial charge is 0.257 e. The van der Waals surface area contributed by atoms with Crippen molar-refractivity contribution < 1.29 is 0 Å². The fourth-order valence-electron chi connectivity index (χ4n) is 3.59. The van der Waals surface area contributed by atoms with Gasteiger partial charge in [0.1, 0.15) is 0 Å². The molecule has 0 aromatic carbocycles. The van der Waals surface area contributed by atoms with Gasteiger partial charge in [-0.15, -0.1) is 0 Å². The lowest BCUT2D eigenvalue weighted by atomic mass is 9.67. The number of aromatic nitrogens is 1. The molecule has 2 atom stereocenters. The lowest BCUT2D eigenvalue weighted by Gasteiger charge is -2.37. The van der Waals surface area contributed by atoms with Gasteiger partial charge in [0.2, 0.25) is 0 Å². The third kappa shape index (κ3) is 1.04. The van der Waals surface area contributed by atoms with Gasteiger partial charge in [0.05, 0.1) is 5.69 Å². The van der Waals surface area contributed by atoms with Crippen LogP contribution in [0.2, 0.25) is 0 Å². The van der Waals surface area contributed by atoms with E-state index in [2.05, 4.69) is 44.0 Å². The van der Waals surface area contributed by atoms with E-state index in [0.29, 0.717) is 10.8 Å². The second kappa shape index (κ2) is 2.97. The first-order valence-electron chi connectivity index (χ1n) is 6.19. The van der Waals surface area contributed by atoms with Crippen LogP contribution in [0, 0.1) is 16.7 Å². The monoisotopic (exact) mass is 213 g/mol. The van der Waals surface area contributed by atoms with Crippen LogP contribution in [0.3, 0.4) is 0 Å². The van der Waals surface area contributed by atoms with Gasteiger partial charge in [0, 0.05) is 6.20 Å².